The molecule has 0 bridgehead atoms. The first-order valence-electron chi connectivity index (χ1n) is 6.39. The van der Waals surface area contributed by atoms with Crippen LogP contribution in [0.15, 0.2) is 28.1 Å². The maximum Gasteiger partial charge on any atom is 0.266 e. The molecule has 0 saturated carbocycles. The molecule has 1 aliphatic heterocycles. The number of nitrogens with zero attached hydrogens (tertiary/aromatic N) is 2. The van der Waals surface area contributed by atoms with Gasteiger partial charge < -0.3 is 10.3 Å². The highest BCUT2D eigenvalue weighted by atomic mass is 32.1. The van der Waals surface area contributed by atoms with Gasteiger partial charge in [0.15, 0.2) is 0 Å². The van der Waals surface area contributed by atoms with Gasteiger partial charge >= 0.3 is 0 Å². The van der Waals surface area contributed by atoms with Gasteiger partial charge in [-0.1, -0.05) is 0 Å². The molecule has 3 aromatic rings. The van der Waals surface area contributed by atoms with Crippen molar-refractivity contribution in [2.75, 3.05) is 11.9 Å². The SMILES string of the molecule is CC1=NCc2sc3ccc4[nH]c(=O)cnc4c3c2NC1. The second-order valence-electron chi connectivity index (χ2n) is 4.89. The minimum Gasteiger partial charge on any atom is -0.378 e. The molecule has 0 fully saturated rings. The summed E-state index contributed by atoms with van der Waals surface area (Å²) < 4.78 is 1.17. The van der Waals surface area contributed by atoms with E-state index in [1.165, 1.54) is 15.8 Å². The van der Waals surface area contributed by atoms with Gasteiger partial charge in [-0.3, -0.25) is 9.79 Å². The van der Waals surface area contributed by atoms with E-state index in [0.717, 1.165) is 34.4 Å². The first kappa shape index (κ1) is 11.6. The van der Waals surface area contributed by atoms with Crippen molar-refractivity contribution in [3.05, 3.63) is 33.6 Å². The number of aliphatic imine (C=N–C) groups is 1. The van der Waals surface area contributed by atoms with Gasteiger partial charge in [0.1, 0.15) is 0 Å². The number of H-pyrrole nitrogens is 1. The standard InChI is InChI=1S/C14H12N4OS/c1-7-4-16-14-10(5-15-7)20-9-3-2-8-13(12(9)14)17-6-11(19)18-8/h2-3,6,16H,4-5H2,1H3,(H,18,19). The zero-order valence-electron chi connectivity index (χ0n) is 10.9. The second kappa shape index (κ2) is 4.14. The number of aromatic nitrogens is 2. The summed E-state index contributed by atoms with van der Waals surface area (Å²) in [4.78, 5) is 24.3. The molecule has 6 heteroatoms. The Morgan fingerprint density at radius 1 is 1.35 bits per heavy atom. The van der Waals surface area contributed by atoms with Crippen molar-refractivity contribution in [3.63, 3.8) is 0 Å². The van der Waals surface area contributed by atoms with Crippen molar-refractivity contribution in [1.29, 1.82) is 0 Å². The highest BCUT2D eigenvalue weighted by Gasteiger charge is 2.17. The molecule has 0 aliphatic carbocycles. The molecule has 5 nitrogen and oxygen atoms in total. The van der Waals surface area contributed by atoms with E-state index in [9.17, 15) is 4.79 Å². The van der Waals surface area contributed by atoms with Crippen LogP contribution in [-0.2, 0) is 6.54 Å². The van der Waals surface area contributed by atoms with Crippen molar-refractivity contribution < 1.29 is 0 Å². The zero-order chi connectivity index (χ0) is 13.7. The molecule has 0 amide bonds. The molecular weight excluding hydrogens is 272 g/mol. The van der Waals surface area contributed by atoms with Crippen molar-refractivity contribution in [1.82, 2.24) is 9.97 Å². The number of hydrogen-bond donors (Lipinski definition) is 2. The number of nitrogens with one attached hydrogen (secondary N) is 2. The molecule has 0 radical (unpaired) electrons. The predicted octanol–water partition coefficient (Wildman–Crippen LogP) is 2.52. The van der Waals surface area contributed by atoms with E-state index in [-0.39, 0.29) is 5.56 Å². The number of rotatable bonds is 0. The normalized spacial score (nSPS) is 14.8. The lowest BCUT2D eigenvalue weighted by Gasteiger charge is -2.05. The fraction of sp³-hybridized carbons (Fsp3) is 0.214. The summed E-state index contributed by atoms with van der Waals surface area (Å²) in [5.74, 6) is 0. The molecule has 0 atom stereocenters. The number of fused-ring (bicyclic) bond motifs is 5. The van der Waals surface area contributed by atoms with E-state index in [1.54, 1.807) is 11.3 Å². The summed E-state index contributed by atoms with van der Waals surface area (Å²) >= 11 is 1.73. The van der Waals surface area contributed by atoms with Crippen molar-refractivity contribution in [2.45, 2.75) is 13.5 Å². The first-order chi connectivity index (χ1) is 9.72. The van der Waals surface area contributed by atoms with Gasteiger partial charge in [-0.15, -0.1) is 11.3 Å². The lowest BCUT2D eigenvalue weighted by Crippen LogP contribution is -2.09. The largest absolute Gasteiger partial charge is 0.378 e. The average molecular weight is 284 g/mol. The highest BCUT2D eigenvalue weighted by Crippen LogP contribution is 2.40. The quantitative estimate of drug-likeness (QED) is 0.666. The topological polar surface area (TPSA) is 70.1 Å². The Bertz CT molecular complexity index is 922. The molecule has 3 heterocycles. The Balaban J connectivity index is 2.09. The minimum atomic E-state index is -0.176. The zero-order valence-corrected chi connectivity index (χ0v) is 11.7. The van der Waals surface area contributed by atoms with Crippen LogP contribution in [0.4, 0.5) is 5.69 Å². The third-order valence-electron chi connectivity index (χ3n) is 3.48. The van der Waals surface area contributed by atoms with Gasteiger partial charge in [-0.25, -0.2) is 4.98 Å². The smallest absolute Gasteiger partial charge is 0.266 e. The van der Waals surface area contributed by atoms with E-state index in [1.807, 2.05) is 19.1 Å². The molecule has 1 aliphatic rings. The summed E-state index contributed by atoms with van der Waals surface area (Å²) in [7, 11) is 0. The van der Waals surface area contributed by atoms with Gasteiger partial charge in [0.25, 0.3) is 5.56 Å². The van der Waals surface area contributed by atoms with E-state index in [2.05, 4.69) is 20.3 Å². The lowest BCUT2D eigenvalue weighted by molar-refractivity contribution is 1.11. The highest BCUT2D eigenvalue weighted by molar-refractivity contribution is 7.20. The van der Waals surface area contributed by atoms with Crippen LogP contribution in [-0.4, -0.2) is 22.2 Å². The van der Waals surface area contributed by atoms with Crippen LogP contribution in [0.5, 0.6) is 0 Å². The molecule has 2 aromatic heterocycles. The first-order valence-corrected chi connectivity index (χ1v) is 7.21. The number of hydrogen-bond acceptors (Lipinski definition) is 5. The van der Waals surface area contributed by atoms with Crippen LogP contribution in [0.1, 0.15) is 11.8 Å². The Kier molecular flexibility index (Phi) is 2.40. The number of thiophene rings is 1. The summed E-state index contributed by atoms with van der Waals surface area (Å²) in [6.07, 6.45) is 1.34. The Labute approximate surface area is 118 Å². The van der Waals surface area contributed by atoms with Crippen LogP contribution >= 0.6 is 11.3 Å². The maximum atomic E-state index is 11.4. The van der Waals surface area contributed by atoms with Gasteiger partial charge in [-0.2, -0.15) is 0 Å². The molecule has 0 unspecified atom stereocenters. The van der Waals surface area contributed by atoms with E-state index in [0.29, 0.717) is 6.54 Å². The summed E-state index contributed by atoms with van der Waals surface area (Å²) in [6, 6.07) is 3.95. The molecule has 20 heavy (non-hydrogen) atoms. The summed E-state index contributed by atoms with van der Waals surface area (Å²) in [5.41, 5.74) is 3.64. The van der Waals surface area contributed by atoms with Crippen molar-refractivity contribution in [2.24, 2.45) is 4.99 Å². The lowest BCUT2D eigenvalue weighted by atomic mass is 10.1. The molecule has 4 rings (SSSR count). The van der Waals surface area contributed by atoms with E-state index in [4.69, 9.17) is 0 Å². The van der Waals surface area contributed by atoms with Gasteiger partial charge in [0, 0.05) is 15.8 Å². The molecular formula is C14H12N4OS. The van der Waals surface area contributed by atoms with Crippen LogP contribution in [0.25, 0.3) is 21.1 Å². The number of benzene rings is 1. The summed E-state index contributed by atoms with van der Waals surface area (Å²) in [6.45, 7) is 3.48. The number of aromatic amines is 1. The van der Waals surface area contributed by atoms with E-state index < -0.39 is 0 Å². The average Bonchev–Trinajstić information content (AvgIpc) is 2.70. The molecule has 2 N–H and O–H groups in total. The number of anilines is 1. The summed E-state index contributed by atoms with van der Waals surface area (Å²) in [5, 5.41) is 4.54. The van der Waals surface area contributed by atoms with Gasteiger partial charge in [-0.05, 0) is 19.1 Å². The second-order valence-corrected chi connectivity index (χ2v) is 6.02. The van der Waals surface area contributed by atoms with E-state index >= 15 is 0 Å². The fourth-order valence-corrected chi connectivity index (χ4v) is 3.63. The fourth-order valence-electron chi connectivity index (χ4n) is 2.52. The van der Waals surface area contributed by atoms with Crippen LogP contribution in [0.3, 0.4) is 0 Å². The van der Waals surface area contributed by atoms with Gasteiger partial charge in [0.2, 0.25) is 0 Å². The van der Waals surface area contributed by atoms with Crippen LogP contribution in [0, 0.1) is 0 Å². The van der Waals surface area contributed by atoms with Crippen molar-refractivity contribution in [3.8, 4) is 0 Å². The van der Waals surface area contributed by atoms with Gasteiger partial charge in [0.05, 0.1) is 40.9 Å². The van der Waals surface area contributed by atoms with Crippen molar-refractivity contribution >= 4 is 43.9 Å². The third-order valence-corrected chi connectivity index (χ3v) is 4.62. The monoisotopic (exact) mass is 284 g/mol. The molecule has 100 valence electrons. The Hall–Kier alpha value is -2.21. The molecule has 0 spiro atoms. The maximum absolute atomic E-state index is 11.4. The van der Waals surface area contributed by atoms with Crippen LogP contribution in [0.2, 0.25) is 0 Å². The Morgan fingerprint density at radius 2 is 2.25 bits per heavy atom. The molecule has 1 aromatic carbocycles. The Morgan fingerprint density at radius 3 is 3.15 bits per heavy atom. The third kappa shape index (κ3) is 1.65. The van der Waals surface area contributed by atoms with Crippen LogP contribution < -0.4 is 10.9 Å². The predicted molar refractivity (Wildman–Crippen MR) is 83.0 cm³/mol. The minimum absolute atomic E-state index is 0.176. The molecule has 0 saturated heterocycles.